The first-order valence-electron chi connectivity index (χ1n) is 18.2. The fourth-order valence-electron chi connectivity index (χ4n) is 8.51. The molecule has 5 unspecified atom stereocenters. The standard InChI is InChI=1S/C46H37N5O/c1-4-13-30(14-5-1)31-23-25-33(26-24-31)44-48-43(32-15-6-2-7-16-32)49-45(50-44)35-19-12-20-36(29-35)51-39-22-11-10-21-37(39)41-40(51)28-27-38-42(41)52-46(47-38)34-17-8-3-9-18-34/h1-26,29,37,39-41,46-47H,27-28H2. The number of ether oxygens (including phenoxy) is 1. The Hall–Kier alpha value is -6.27. The van der Waals surface area contributed by atoms with Gasteiger partial charge in [0.2, 0.25) is 0 Å². The van der Waals surface area contributed by atoms with Crippen LogP contribution in [0.25, 0.3) is 45.3 Å². The van der Waals surface area contributed by atoms with Crippen molar-refractivity contribution in [3.8, 4) is 45.3 Å². The summed E-state index contributed by atoms with van der Waals surface area (Å²) in [5, 5.41) is 3.73. The van der Waals surface area contributed by atoms with Gasteiger partial charge >= 0.3 is 0 Å². The number of hydrogen-bond acceptors (Lipinski definition) is 6. The fourth-order valence-corrected chi connectivity index (χ4v) is 8.51. The highest BCUT2D eigenvalue weighted by atomic mass is 16.5. The van der Waals surface area contributed by atoms with Crippen LogP contribution in [0.2, 0.25) is 0 Å². The number of fused-ring (bicyclic) bond motifs is 4. The van der Waals surface area contributed by atoms with Crippen LogP contribution in [-0.2, 0) is 4.74 Å². The van der Waals surface area contributed by atoms with E-state index in [2.05, 4.69) is 150 Å². The van der Waals surface area contributed by atoms with E-state index in [1.165, 1.54) is 16.9 Å². The molecule has 1 fully saturated rings. The van der Waals surface area contributed by atoms with Gasteiger partial charge in [-0.15, -0.1) is 0 Å². The van der Waals surface area contributed by atoms with Gasteiger partial charge in [0.05, 0.1) is 11.7 Å². The number of hydrogen-bond donors (Lipinski definition) is 1. The summed E-state index contributed by atoms with van der Waals surface area (Å²) >= 11 is 0. The first-order valence-corrected chi connectivity index (χ1v) is 18.2. The van der Waals surface area contributed by atoms with E-state index < -0.39 is 0 Å². The van der Waals surface area contributed by atoms with Crippen LogP contribution < -0.4 is 10.2 Å². The second-order valence-corrected chi connectivity index (χ2v) is 13.9. The predicted octanol–water partition coefficient (Wildman–Crippen LogP) is 9.78. The van der Waals surface area contributed by atoms with E-state index in [0.29, 0.717) is 29.4 Å². The number of nitrogens with one attached hydrogen (secondary N) is 1. The van der Waals surface area contributed by atoms with Gasteiger partial charge in [-0.05, 0) is 36.1 Å². The van der Waals surface area contributed by atoms with Crippen LogP contribution in [-0.4, -0.2) is 27.0 Å². The molecule has 1 saturated heterocycles. The Balaban J connectivity index is 1.01. The molecule has 252 valence electrons. The zero-order valence-electron chi connectivity index (χ0n) is 28.6. The third kappa shape index (κ3) is 5.39. The maximum absolute atomic E-state index is 6.79. The number of aromatic nitrogens is 3. The van der Waals surface area contributed by atoms with Crippen LogP contribution in [0.5, 0.6) is 0 Å². The monoisotopic (exact) mass is 675 g/mol. The minimum atomic E-state index is -0.143. The van der Waals surface area contributed by atoms with Crippen molar-refractivity contribution in [2.75, 3.05) is 4.90 Å². The molecule has 5 aromatic carbocycles. The largest absolute Gasteiger partial charge is 0.469 e. The molecule has 0 amide bonds. The maximum Gasteiger partial charge on any atom is 0.195 e. The highest BCUT2D eigenvalue weighted by molar-refractivity contribution is 5.72. The number of allylic oxidation sites excluding steroid dienone is 3. The molecule has 0 radical (unpaired) electrons. The molecule has 10 rings (SSSR count). The number of anilines is 1. The van der Waals surface area contributed by atoms with E-state index in [1.807, 2.05) is 24.3 Å². The number of benzene rings is 5. The van der Waals surface area contributed by atoms with Crippen molar-refractivity contribution in [1.29, 1.82) is 0 Å². The molecule has 0 bridgehead atoms. The first-order chi connectivity index (χ1) is 25.8. The van der Waals surface area contributed by atoms with E-state index in [4.69, 9.17) is 19.7 Å². The van der Waals surface area contributed by atoms with Crippen molar-refractivity contribution in [2.24, 2.45) is 11.8 Å². The molecular weight excluding hydrogens is 639 g/mol. The lowest BCUT2D eigenvalue weighted by molar-refractivity contribution is 0.0989. The molecule has 5 atom stereocenters. The van der Waals surface area contributed by atoms with Crippen molar-refractivity contribution in [1.82, 2.24) is 20.3 Å². The third-order valence-corrected chi connectivity index (χ3v) is 10.9. The summed E-state index contributed by atoms with van der Waals surface area (Å²) in [6.45, 7) is 0. The molecule has 2 aliphatic heterocycles. The van der Waals surface area contributed by atoms with Gasteiger partial charge in [-0.2, -0.15) is 0 Å². The molecule has 4 aliphatic rings. The normalized spacial score (nSPS) is 22.7. The topological polar surface area (TPSA) is 63.2 Å². The van der Waals surface area contributed by atoms with E-state index in [0.717, 1.165) is 46.4 Å². The summed E-state index contributed by atoms with van der Waals surface area (Å²) in [5.74, 6) is 3.67. The summed E-state index contributed by atoms with van der Waals surface area (Å²) in [6.07, 6.45) is 11.0. The highest BCUT2D eigenvalue weighted by Gasteiger charge is 2.53. The van der Waals surface area contributed by atoms with Gasteiger partial charge in [-0.3, -0.25) is 0 Å². The van der Waals surface area contributed by atoms with Crippen molar-refractivity contribution in [2.45, 2.75) is 31.2 Å². The molecule has 6 nitrogen and oxygen atoms in total. The minimum absolute atomic E-state index is 0.143. The zero-order chi connectivity index (χ0) is 34.4. The van der Waals surface area contributed by atoms with Gasteiger partial charge in [-0.1, -0.05) is 152 Å². The summed E-state index contributed by atoms with van der Waals surface area (Å²) in [6, 6.07) is 48.9. The molecule has 1 N–H and O–H groups in total. The Morgan fingerprint density at radius 1 is 0.577 bits per heavy atom. The lowest BCUT2D eigenvalue weighted by Crippen LogP contribution is -2.39. The van der Waals surface area contributed by atoms with Gasteiger partial charge in [0, 0.05) is 45.8 Å². The Labute approximate surface area is 303 Å². The summed E-state index contributed by atoms with van der Waals surface area (Å²) in [7, 11) is 0. The van der Waals surface area contributed by atoms with Gasteiger partial charge in [0.25, 0.3) is 0 Å². The molecule has 6 heteroatoms. The molecule has 3 heterocycles. The molecule has 0 saturated carbocycles. The van der Waals surface area contributed by atoms with Crippen LogP contribution >= 0.6 is 0 Å². The van der Waals surface area contributed by atoms with Crippen molar-refractivity contribution < 1.29 is 4.74 Å². The molecule has 2 aliphatic carbocycles. The second-order valence-electron chi connectivity index (χ2n) is 13.9. The molecule has 6 aromatic rings. The fraction of sp³-hybridized carbons (Fsp3) is 0.152. The Kier molecular flexibility index (Phi) is 7.52. The van der Waals surface area contributed by atoms with Gasteiger partial charge in [-0.25, -0.2) is 15.0 Å². The predicted molar refractivity (Wildman–Crippen MR) is 207 cm³/mol. The van der Waals surface area contributed by atoms with Crippen molar-refractivity contribution in [3.05, 3.63) is 181 Å². The summed E-state index contributed by atoms with van der Waals surface area (Å²) in [4.78, 5) is 17.8. The van der Waals surface area contributed by atoms with Gasteiger partial charge < -0.3 is 15.0 Å². The summed E-state index contributed by atoms with van der Waals surface area (Å²) < 4.78 is 6.79. The molecule has 52 heavy (non-hydrogen) atoms. The van der Waals surface area contributed by atoms with Crippen LogP contribution in [0, 0.1) is 11.8 Å². The minimum Gasteiger partial charge on any atom is -0.469 e. The third-order valence-electron chi connectivity index (χ3n) is 10.9. The van der Waals surface area contributed by atoms with E-state index >= 15 is 0 Å². The number of nitrogens with zero attached hydrogens (tertiary/aromatic N) is 4. The smallest absolute Gasteiger partial charge is 0.195 e. The maximum atomic E-state index is 6.79. The first kappa shape index (κ1) is 30.5. The van der Waals surface area contributed by atoms with Gasteiger partial charge in [0.1, 0.15) is 5.76 Å². The Bertz CT molecular complexity index is 2340. The molecular formula is C46H37N5O. The van der Waals surface area contributed by atoms with E-state index in [1.54, 1.807) is 0 Å². The zero-order valence-corrected chi connectivity index (χ0v) is 28.6. The van der Waals surface area contributed by atoms with Gasteiger partial charge in [0.15, 0.2) is 23.7 Å². The Morgan fingerprint density at radius 2 is 1.15 bits per heavy atom. The van der Waals surface area contributed by atoms with Crippen LogP contribution in [0.1, 0.15) is 24.6 Å². The molecule has 1 aromatic heterocycles. The van der Waals surface area contributed by atoms with Crippen molar-refractivity contribution in [3.63, 3.8) is 0 Å². The SMILES string of the molecule is C1=CC2C3C4=C(CCC3N(c3cccc(-c5nc(-c6ccccc6)nc(-c6ccc(-c7ccccc7)cc6)n5)c3)C2C=C1)NC(c1ccccc1)O4. The number of rotatable bonds is 6. The van der Waals surface area contributed by atoms with E-state index in [9.17, 15) is 0 Å². The Morgan fingerprint density at radius 3 is 1.88 bits per heavy atom. The van der Waals surface area contributed by atoms with Crippen LogP contribution in [0.15, 0.2) is 175 Å². The second kappa shape index (κ2) is 12.8. The van der Waals surface area contributed by atoms with E-state index in [-0.39, 0.29) is 18.2 Å². The van der Waals surface area contributed by atoms with Crippen LogP contribution in [0.3, 0.4) is 0 Å². The summed E-state index contributed by atoms with van der Waals surface area (Å²) in [5.41, 5.74) is 8.80. The lowest BCUT2D eigenvalue weighted by Gasteiger charge is -2.35. The average Bonchev–Trinajstić information content (AvgIpc) is 3.82. The molecule has 0 spiro atoms. The highest BCUT2D eigenvalue weighted by Crippen LogP contribution is 2.52. The van der Waals surface area contributed by atoms with Crippen molar-refractivity contribution >= 4 is 5.69 Å². The average molecular weight is 676 g/mol. The van der Waals surface area contributed by atoms with Crippen LogP contribution in [0.4, 0.5) is 5.69 Å². The quantitative estimate of drug-likeness (QED) is 0.190. The lowest BCUT2D eigenvalue weighted by atomic mass is 9.79.